The second-order valence-corrected chi connectivity index (χ2v) is 8.47. The van der Waals surface area contributed by atoms with Gasteiger partial charge in [0.2, 0.25) is 0 Å². The molecule has 3 N–H and O–H groups in total. The van der Waals surface area contributed by atoms with Gasteiger partial charge >= 0.3 is 5.97 Å². The number of aromatic nitrogens is 4. The number of fused-ring (bicyclic) bond motifs is 4. The topological polar surface area (TPSA) is 121 Å². The fraction of sp³-hybridized carbons (Fsp3) is 0.0769. The lowest BCUT2D eigenvalue weighted by Gasteiger charge is -2.11. The van der Waals surface area contributed by atoms with Crippen molar-refractivity contribution in [1.29, 1.82) is 0 Å². The summed E-state index contributed by atoms with van der Waals surface area (Å²) in [5.74, 6) is -2.64. The summed E-state index contributed by atoms with van der Waals surface area (Å²) in [6.07, 6.45) is 6.30. The van der Waals surface area contributed by atoms with E-state index >= 15 is 8.78 Å². The van der Waals surface area contributed by atoms with E-state index in [0.29, 0.717) is 22.9 Å². The van der Waals surface area contributed by atoms with Gasteiger partial charge in [0.1, 0.15) is 17.3 Å². The van der Waals surface area contributed by atoms with E-state index in [1.165, 1.54) is 29.0 Å². The standard InChI is InChI=1S/C26H16F2N4O4/c27-17-8-19-16(25(34)31-11-30-19)7-12(17)10-32-20-9-18(28)13-3-1-4-14(13)21(20)22(23(32)26(35)36)15-5-2-6-29-24(15)33/h1-3,5-9,11H,4,10H2,(H,29,33)(H,35,36)(H,30,31,34). The Kier molecular flexibility index (Phi) is 4.72. The van der Waals surface area contributed by atoms with E-state index in [9.17, 15) is 19.5 Å². The van der Waals surface area contributed by atoms with E-state index in [1.807, 2.05) is 0 Å². The fourth-order valence-corrected chi connectivity index (χ4v) is 4.95. The highest BCUT2D eigenvalue weighted by molar-refractivity contribution is 6.10. The first-order chi connectivity index (χ1) is 17.3. The number of carboxylic acid groups (broad SMARTS) is 1. The van der Waals surface area contributed by atoms with E-state index in [0.717, 1.165) is 12.4 Å². The summed E-state index contributed by atoms with van der Waals surface area (Å²) >= 11 is 0. The molecule has 0 fully saturated rings. The Hall–Kier alpha value is -4.86. The Labute approximate surface area is 200 Å². The summed E-state index contributed by atoms with van der Waals surface area (Å²) in [4.78, 5) is 46.6. The molecule has 0 radical (unpaired) electrons. The molecule has 0 spiro atoms. The summed E-state index contributed by atoms with van der Waals surface area (Å²) in [6, 6.07) is 6.65. The van der Waals surface area contributed by atoms with E-state index in [4.69, 9.17) is 0 Å². The number of rotatable bonds is 4. The molecular formula is C26H16F2N4O4. The summed E-state index contributed by atoms with van der Waals surface area (Å²) in [7, 11) is 0. The van der Waals surface area contributed by atoms with Crippen molar-refractivity contribution in [2.45, 2.75) is 13.0 Å². The Morgan fingerprint density at radius 2 is 1.94 bits per heavy atom. The van der Waals surface area contributed by atoms with Gasteiger partial charge in [0, 0.05) is 34.3 Å². The average Bonchev–Trinajstić information content (AvgIpc) is 3.44. The number of nitrogens with zero attached hydrogens (tertiary/aromatic N) is 2. The maximum absolute atomic E-state index is 15.1. The number of pyridine rings is 1. The van der Waals surface area contributed by atoms with Gasteiger partial charge in [-0.15, -0.1) is 0 Å². The SMILES string of the molecule is O=C(O)c1c(-c2ccc[nH]c2=O)c2c3c(c(F)cc2n1Cc1cc2c(=O)[nH]cnc2cc1F)C=CC3. The minimum absolute atomic E-state index is 0.00736. The molecule has 36 heavy (non-hydrogen) atoms. The van der Waals surface area contributed by atoms with Crippen LogP contribution in [0.5, 0.6) is 0 Å². The minimum Gasteiger partial charge on any atom is -0.477 e. The van der Waals surface area contributed by atoms with E-state index in [-0.39, 0.29) is 45.3 Å². The quantitative estimate of drug-likeness (QED) is 0.357. The van der Waals surface area contributed by atoms with E-state index in [1.54, 1.807) is 18.2 Å². The van der Waals surface area contributed by atoms with Crippen LogP contribution in [0.2, 0.25) is 0 Å². The second-order valence-electron chi connectivity index (χ2n) is 8.47. The molecule has 3 aromatic heterocycles. The number of allylic oxidation sites excluding steroid dienone is 1. The van der Waals surface area contributed by atoms with Crippen LogP contribution < -0.4 is 11.1 Å². The first-order valence-electron chi connectivity index (χ1n) is 11.0. The third-order valence-corrected chi connectivity index (χ3v) is 6.48. The number of carboxylic acids is 1. The molecule has 0 saturated heterocycles. The number of nitrogens with one attached hydrogen (secondary N) is 2. The third-order valence-electron chi connectivity index (χ3n) is 6.48. The van der Waals surface area contributed by atoms with Crippen molar-refractivity contribution in [3.8, 4) is 11.1 Å². The largest absolute Gasteiger partial charge is 0.477 e. The van der Waals surface area contributed by atoms with E-state index < -0.39 is 28.7 Å². The van der Waals surface area contributed by atoms with Crippen molar-refractivity contribution < 1.29 is 18.7 Å². The van der Waals surface area contributed by atoms with Gasteiger partial charge in [0.15, 0.2) is 0 Å². The third kappa shape index (κ3) is 3.11. The van der Waals surface area contributed by atoms with Gasteiger partial charge in [-0.1, -0.05) is 12.2 Å². The van der Waals surface area contributed by atoms with Crippen LogP contribution in [0.4, 0.5) is 8.78 Å². The Balaban J connectivity index is 1.72. The number of aromatic carboxylic acids is 1. The predicted molar refractivity (Wildman–Crippen MR) is 129 cm³/mol. The molecule has 5 aromatic rings. The molecule has 3 heterocycles. The zero-order valence-corrected chi connectivity index (χ0v) is 18.4. The molecule has 0 atom stereocenters. The van der Waals surface area contributed by atoms with Crippen molar-refractivity contribution in [1.82, 2.24) is 19.5 Å². The molecule has 0 saturated carbocycles. The molecule has 1 aliphatic carbocycles. The van der Waals surface area contributed by atoms with Crippen molar-refractivity contribution in [3.63, 3.8) is 0 Å². The molecule has 178 valence electrons. The number of H-pyrrole nitrogens is 2. The number of carbonyl (C=O) groups is 1. The Bertz CT molecular complexity index is 1900. The van der Waals surface area contributed by atoms with Gasteiger partial charge in [0.05, 0.1) is 34.9 Å². The van der Waals surface area contributed by atoms with Crippen LogP contribution in [0.1, 0.15) is 27.2 Å². The zero-order chi connectivity index (χ0) is 25.1. The lowest BCUT2D eigenvalue weighted by molar-refractivity contribution is 0.0687. The van der Waals surface area contributed by atoms with Crippen molar-refractivity contribution >= 4 is 33.9 Å². The van der Waals surface area contributed by atoms with Crippen LogP contribution in [0.3, 0.4) is 0 Å². The minimum atomic E-state index is -1.37. The van der Waals surface area contributed by atoms with Crippen LogP contribution in [0, 0.1) is 11.6 Å². The van der Waals surface area contributed by atoms with Gasteiger partial charge in [-0.2, -0.15) is 0 Å². The van der Waals surface area contributed by atoms with Gasteiger partial charge in [0.25, 0.3) is 11.1 Å². The van der Waals surface area contributed by atoms with Crippen LogP contribution in [-0.2, 0) is 13.0 Å². The molecule has 10 heteroatoms. The molecule has 0 bridgehead atoms. The van der Waals surface area contributed by atoms with E-state index in [2.05, 4.69) is 15.0 Å². The highest BCUT2D eigenvalue weighted by Crippen LogP contribution is 2.41. The first-order valence-corrected chi connectivity index (χ1v) is 11.0. The molecule has 2 aromatic carbocycles. The lowest BCUT2D eigenvalue weighted by atomic mass is 9.96. The van der Waals surface area contributed by atoms with Crippen molar-refractivity contribution in [2.24, 2.45) is 0 Å². The van der Waals surface area contributed by atoms with Crippen molar-refractivity contribution in [2.75, 3.05) is 0 Å². The highest BCUT2D eigenvalue weighted by atomic mass is 19.1. The summed E-state index contributed by atoms with van der Waals surface area (Å²) in [5.41, 5.74) is 0.144. The maximum atomic E-state index is 15.1. The van der Waals surface area contributed by atoms with Crippen molar-refractivity contribution in [3.05, 3.63) is 104 Å². The smallest absolute Gasteiger partial charge is 0.353 e. The van der Waals surface area contributed by atoms with Gasteiger partial charge in [-0.25, -0.2) is 18.6 Å². The summed E-state index contributed by atoms with van der Waals surface area (Å²) in [6.45, 7) is -0.329. The average molecular weight is 486 g/mol. The Morgan fingerprint density at radius 1 is 1.11 bits per heavy atom. The molecule has 0 amide bonds. The Morgan fingerprint density at radius 3 is 2.72 bits per heavy atom. The normalized spacial score (nSPS) is 12.5. The number of hydrogen-bond acceptors (Lipinski definition) is 4. The zero-order valence-electron chi connectivity index (χ0n) is 18.4. The fourth-order valence-electron chi connectivity index (χ4n) is 4.95. The van der Waals surface area contributed by atoms with Gasteiger partial charge < -0.3 is 19.6 Å². The number of benzene rings is 2. The first kappa shape index (κ1) is 21.7. The molecule has 0 aliphatic heterocycles. The molecular weight excluding hydrogens is 470 g/mol. The van der Waals surface area contributed by atoms with Crippen LogP contribution in [-0.4, -0.2) is 30.6 Å². The molecule has 1 aliphatic rings. The summed E-state index contributed by atoms with van der Waals surface area (Å²) < 4.78 is 31.5. The number of aromatic amines is 2. The van der Waals surface area contributed by atoms with Crippen LogP contribution >= 0.6 is 0 Å². The monoisotopic (exact) mass is 486 g/mol. The highest BCUT2D eigenvalue weighted by Gasteiger charge is 2.30. The number of halogens is 2. The van der Waals surface area contributed by atoms with Gasteiger partial charge in [-0.05, 0) is 36.2 Å². The predicted octanol–water partition coefficient (Wildman–Crippen LogP) is 3.83. The molecule has 8 nitrogen and oxygen atoms in total. The second kappa shape index (κ2) is 7.84. The number of hydrogen-bond donors (Lipinski definition) is 3. The van der Waals surface area contributed by atoms with Crippen LogP contribution in [0.25, 0.3) is 39.0 Å². The molecule has 6 rings (SSSR count). The molecule has 0 unspecified atom stereocenters. The van der Waals surface area contributed by atoms with Crippen LogP contribution in [0.15, 0.2) is 58.5 Å². The maximum Gasteiger partial charge on any atom is 0.353 e. The summed E-state index contributed by atoms with van der Waals surface area (Å²) in [5, 5.41) is 10.8. The van der Waals surface area contributed by atoms with Gasteiger partial charge in [-0.3, -0.25) is 9.59 Å². The lowest BCUT2D eigenvalue weighted by Crippen LogP contribution is -2.14.